The number of hydrogen-bond donors (Lipinski definition) is 4. The minimum Gasteiger partial charge on any atom is -0.465 e. The molecule has 0 aliphatic rings. The van der Waals surface area contributed by atoms with Gasteiger partial charge >= 0.3 is 6.09 Å². The zero-order valence-electron chi connectivity index (χ0n) is 3.64. The molecule has 1 amide bonds. The Balaban J connectivity index is 0. The molecular formula is CH5NO5S. The maximum atomic E-state index is 8.78. The summed E-state index contributed by atoms with van der Waals surface area (Å²) in [6, 6.07) is 0. The first-order chi connectivity index (χ1) is 3.46. The Kier molecular flexibility index (Phi) is 8.20. The molecule has 0 saturated carbocycles. The van der Waals surface area contributed by atoms with Gasteiger partial charge in [-0.15, -0.1) is 0 Å². The van der Waals surface area contributed by atoms with Gasteiger partial charge in [-0.05, 0) is 0 Å². The molecular weight excluding hydrogens is 138 g/mol. The number of hydrogen-bond acceptors (Lipinski definition) is 2. The average molecular weight is 143 g/mol. The summed E-state index contributed by atoms with van der Waals surface area (Å²) >= 11 is -2.61. The molecule has 0 aromatic rings. The second-order valence-electron chi connectivity index (χ2n) is 0.569. The van der Waals surface area contributed by atoms with E-state index in [1.165, 1.54) is 0 Å². The fourth-order valence-corrected chi connectivity index (χ4v) is 0. The predicted octanol–water partition coefficient (Wildman–Crippen LogP) is -0.696. The van der Waals surface area contributed by atoms with E-state index < -0.39 is 17.5 Å². The Bertz CT molecular complexity index is 70.4. The molecule has 0 spiro atoms. The SMILES string of the molecule is NC(=O)O.O=S(O)O. The zero-order chi connectivity index (χ0) is 7.15. The fraction of sp³-hybridized carbons (Fsp3) is 0. The lowest BCUT2D eigenvalue weighted by Gasteiger charge is -1.61. The van der Waals surface area contributed by atoms with Gasteiger partial charge in [0.25, 0.3) is 11.4 Å². The van der Waals surface area contributed by atoms with Crippen LogP contribution in [0, 0.1) is 0 Å². The highest BCUT2D eigenvalue weighted by atomic mass is 32.2. The van der Waals surface area contributed by atoms with Gasteiger partial charge in [0.15, 0.2) is 0 Å². The Hall–Kier alpha value is -0.660. The van der Waals surface area contributed by atoms with E-state index in [0.29, 0.717) is 0 Å². The van der Waals surface area contributed by atoms with Crippen LogP contribution >= 0.6 is 0 Å². The van der Waals surface area contributed by atoms with E-state index in [9.17, 15) is 0 Å². The summed E-state index contributed by atoms with van der Waals surface area (Å²) in [6.07, 6.45) is -1.33. The van der Waals surface area contributed by atoms with E-state index >= 15 is 0 Å². The third-order valence-electron chi connectivity index (χ3n) is 0. The molecule has 0 aromatic heterocycles. The van der Waals surface area contributed by atoms with Crippen molar-refractivity contribution in [1.82, 2.24) is 0 Å². The highest BCUT2D eigenvalue weighted by Gasteiger charge is 1.65. The molecule has 0 atom stereocenters. The lowest BCUT2D eigenvalue weighted by atomic mass is 11.3. The number of nitrogens with two attached hydrogens (primary N) is 1. The summed E-state index contributed by atoms with van der Waals surface area (Å²) in [5.74, 6) is 0. The molecule has 50 valence electrons. The predicted molar refractivity (Wildman–Crippen MR) is 25.6 cm³/mol. The van der Waals surface area contributed by atoms with Gasteiger partial charge in [-0.1, -0.05) is 0 Å². The minimum absolute atomic E-state index is 1.33. The Morgan fingerprint density at radius 1 is 1.50 bits per heavy atom. The summed E-state index contributed by atoms with van der Waals surface area (Å²) in [6.45, 7) is 0. The van der Waals surface area contributed by atoms with Crippen LogP contribution in [0.5, 0.6) is 0 Å². The lowest BCUT2D eigenvalue weighted by Crippen LogP contribution is -2.03. The van der Waals surface area contributed by atoms with Crippen molar-refractivity contribution in [3.05, 3.63) is 0 Å². The molecule has 0 rings (SSSR count). The number of carboxylic acid groups (broad SMARTS) is 1. The molecule has 0 aromatic carbocycles. The zero-order valence-corrected chi connectivity index (χ0v) is 4.46. The van der Waals surface area contributed by atoms with Crippen LogP contribution in [0.25, 0.3) is 0 Å². The fourth-order valence-electron chi connectivity index (χ4n) is 0. The van der Waals surface area contributed by atoms with Crippen molar-refractivity contribution in [2.24, 2.45) is 5.73 Å². The van der Waals surface area contributed by atoms with Gasteiger partial charge < -0.3 is 10.8 Å². The van der Waals surface area contributed by atoms with E-state index in [-0.39, 0.29) is 0 Å². The number of primary amides is 1. The number of rotatable bonds is 0. The molecule has 0 fully saturated rings. The quantitative estimate of drug-likeness (QED) is 0.334. The molecule has 7 heteroatoms. The molecule has 5 N–H and O–H groups in total. The van der Waals surface area contributed by atoms with Crippen LogP contribution in [-0.2, 0) is 11.4 Å². The third-order valence-corrected chi connectivity index (χ3v) is 0. The number of amides is 1. The number of carbonyl (C=O) groups is 1. The van der Waals surface area contributed by atoms with E-state index in [1.54, 1.807) is 0 Å². The summed E-state index contributed by atoms with van der Waals surface area (Å²) in [5.41, 5.74) is 4.03. The standard InChI is InChI=1S/CH3NO2.H2O3S/c2-1(3)4;1-4(2)3/h2H2,(H,3,4);(H2,1,2,3). The van der Waals surface area contributed by atoms with Crippen molar-refractivity contribution in [3.63, 3.8) is 0 Å². The first kappa shape index (κ1) is 10.3. The lowest BCUT2D eigenvalue weighted by molar-refractivity contribution is 0.205. The van der Waals surface area contributed by atoms with Crippen molar-refractivity contribution in [1.29, 1.82) is 0 Å². The van der Waals surface area contributed by atoms with Gasteiger partial charge in [0, 0.05) is 0 Å². The van der Waals surface area contributed by atoms with Gasteiger partial charge in [-0.2, -0.15) is 4.21 Å². The van der Waals surface area contributed by atoms with Gasteiger partial charge in [0.2, 0.25) is 0 Å². The molecule has 6 nitrogen and oxygen atoms in total. The van der Waals surface area contributed by atoms with Crippen molar-refractivity contribution >= 4 is 17.5 Å². The smallest absolute Gasteiger partial charge is 0.402 e. The molecule has 0 saturated heterocycles. The van der Waals surface area contributed by atoms with Crippen molar-refractivity contribution in [2.75, 3.05) is 0 Å². The van der Waals surface area contributed by atoms with Crippen LogP contribution in [0.15, 0.2) is 0 Å². The normalized spacial score (nSPS) is 7.38. The Labute approximate surface area is 47.4 Å². The van der Waals surface area contributed by atoms with Crippen molar-refractivity contribution < 1.29 is 23.2 Å². The second-order valence-corrected chi connectivity index (χ2v) is 1.03. The van der Waals surface area contributed by atoms with Crippen molar-refractivity contribution in [3.8, 4) is 0 Å². The summed E-state index contributed by atoms with van der Waals surface area (Å²) in [5, 5.41) is 7.19. The topological polar surface area (TPSA) is 121 Å². The van der Waals surface area contributed by atoms with E-state index in [2.05, 4.69) is 5.73 Å². The van der Waals surface area contributed by atoms with E-state index in [4.69, 9.17) is 23.2 Å². The van der Waals surface area contributed by atoms with Crippen LogP contribution in [0.1, 0.15) is 0 Å². The monoisotopic (exact) mass is 143 g/mol. The summed E-state index contributed by atoms with van der Waals surface area (Å²) < 4.78 is 22.8. The first-order valence-corrected chi connectivity index (χ1v) is 2.31. The van der Waals surface area contributed by atoms with Gasteiger partial charge in [-0.3, -0.25) is 9.11 Å². The van der Waals surface area contributed by atoms with Crippen LogP contribution < -0.4 is 5.73 Å². The maximum Gasteiger partial charge on any atom is 0.402 e. The largest absolute Gasteiger partial charge is 0.465 e. The molecule has 0 aliphatic carbocycles. The Morgan fingerprint density at radius 3 is 1.50 bits per heavy atom. The minimum atomic E-state index is -2.61. The van der Waals surface area contributed by atoms with Crippen molar-refractivity contribution in [2.45, 2.75) is 0 Å². The molecule has 0 radical (unpaired) electrons. The summed E-state index contributed by atoms with van der Waals surface area (Å²) in [7, 11) is 0. The van der Waals surface area contributed by atoms with Crippen LogP contribution in [-0.4, -0.2) is 24.5 Å². The third kappa shape index (κ3) is 231. The summed E-state index contributed by atoms with van der Waals surface area (Å²) in [4.78, 5) is 8.78. The van der Waals surface area contributed by atoms with E-state index in [0.717, 1.165) is 0 Å². The molecule has 0 unspecified atom stereocenters. The molecule has 0 heterocycles. The van der Waals surface area contributed by atoms with Crippen LogP contribution in [0.3, 0.4) is 0 Å². The average Bonchev–Trinajstić information content (AvgIpc) is 1.25. The second kappa shape index (κ2) is 6.34. The first-order valence-electron chi connectivity index (χ1n) is 1.25. The highest BCUT2D eigenvalue weighted by Crippen LogP contribution is 1.44. The van der Waals surface area contributed by atoms with Gasteiger partial charge in [0.05, 0.1) is 0 Å². The highest BCUT2D eigenvalue weighted by molar-refractivity contribution is 7.73. The molecule has 8 heavy (non-hydrogen) atoms. The van der Waals surface area contributed by atoms with E-state index in [1.807, 2.05) is 0 Å². The molecule has 0 bridgehead atoms. The van der Waals surface area contributed by atoms with Crippen LogP contribution in [0.2, 0.25) is 0 Å². The molecule has 0 aliphatic heterocycles. The maximum absolute atomic E-state index is 8.78. The van der Waals surface area contributed by atoms with Gasteiger partial charge in [0.1, 0.15) is 0 Å². The van der Waals surface area contributed by atoms with Crippen LogP contribution in [0.4, 0.5) is 4.79 Å². The van der Waals surface area contributed by atoms with Gasteiger partial charge in [-0.25, -0.2) is 4.79 Å². The Morgan fingerprint density at radius 2 is 1.50 bits per heavy atom.